The van der Waals surface area contributed by atoms with Crippen molar-refractivity contribution in [2.24, 2.45) is 10.7 Å². The van der Waals surface area contributed by atoms with E-state index in [1.807, 2.05) is 20.8 Å². The summed E-state index contributed by atoms with van der Waals surface area (Å²) in [7, 11) is 0. The van der Waals surface area contributed by atoms with E-state index in [2.05, 4.69) is 17.2 Å². The molecular formula is C11H23N3O2. The van der Waals surface area contributed by atoms with Crippen LogP contribution in [-0.4, -0.2) is 30.6 Å². The zero-order valence-electron chi connectivity index (χ0n) is 10.7. The Hall–Kier alpha value is -1.26. The second kappa shape index (κ2) is 7.09. The quantitative estimate of drug-likeness (QED) is 0.319. The molecule has 0 saturated carbocycles. The summed E-state index contributed by atoms with van der Waals surface area (Å²) in [5.41, 5.74) is 5.08. The maximum absolute atomic E-state index is 11.3. The molecule has 0 radical (unpaired) electrons. The molecule has 0 aliphatic rings. The van der Waals surface area contributed by atoms with Crippen molar-refractivity contribution in [1.29, 1.82) is 0 Å². The molecule has 0 aliphatic carbocycles. The third kappa shape index (κ3) is 9.30. The molecule has 0 spiro atoms. The minimum absolute atomic E-state index is 0.0395. The van der Waals surface area contributed by atoms with Gasteiger partial charge in [-0.25, -0.2) is 4.99 Å². The van der Waals surface area contributed by atoms with Crippen molar-refractivity contribution >= 4 is 11.9 Å². The Morgan fingerprint density at radius 2 is 2.06 bits per heavy atom. The van der Waals surface area contributed by atoms with Crippen LogP contribution in [0.1, 0.15) is 40.5 Å². The largest absolute Gasteiger partial charge is 0.459 e. The number of ether oxygens (including phenoxy) is 1. The van der Waals surface area contributed by atoms with Crippen LogP contribution >= 0.6 is 0 Å². The van der Waals surface area contributed by atoms with Gasteiger partial charge in [0.25, 0.3) is 0 Å². The van der Waals surface area contributed by atoms with Gasteiger partial charge in [-0.05, 0) is 27.2 Å². The molecule has 0 aromatic rings. The Balaban J connectivity index is 3.84. The highest BCUT2D eigenvalue weighted by Gasteiger charge is 2.15. The van der Waals surface area contributed by atoms with Crippen LogP contribution in [0.15, 0.2) is 4.99 Å². The predicted octanol–water partition coefficient (Wildman–Crippen LogP) is 1.03. The number of nitrogens with zero attached hydrogens (tertiary/aromatic N) is 1. The summed E-state index contributed by atoms with van der Waals surface area (Å²) in [6.07, 6.45) is 2.12. The molecule has 0 rings (SSSR count). The van der Waals surface area contributed by atoms with E-state index < -0.39 is 5.60 Å². The van der Waals surface area contributed by atoms with Gasteiger partial charge < -0.3 is 15.8 Å². The molecular weight excluding hydrogens is 206 g/mol. The van der Waals surface area contributed by atoms with Gasteiger partial charge in [0.1, 0.15) is 12.1 Å². The second-order valence-corrected chi connectivity index (χ2v) is 4.57. The van der Waals surface area contributed by atoms with Crippen LogP contribution in [0.25, 0.3) is 0 Å². The van der Waals surface area contributed by atoms with Crippen LogP contribution in [0.5, 0.6) is 0 Å². The molecule has 0 aliphatic heterocycles. The second-order valence-electron chi connectivity index (χ2n) is 4.57. The number of guanidine groups is 1. The Morgan fingerprint density at radius 1 is 1.44 bits per heavy atom. The molecule has 16 heavy (non-hydrogen) atoms. The summed E-state index contributed by atoms with van der Waals surface area (Å²) in [4.78, 5) is 15.2. The number of carbonyl (C=O) groups is 1. The van der Waals surface area contributed by atoms with E-state index in [0.29, 0.717) is 5.96 Å². The zero-order valence-corrected chi connectivity index (χ0v) is 10.7. The Bertz CT molecular complexity index is 244. The normalized spacial score (nSPS) is 12.4. The Labute approximate surface area is 97.4 Å². The zero-order chi connectivity index (χ0) is 12.6. The maximum atomic E-state index is 11.3. The third-order valence-electron chi connectivity index (χ3n) is 1.63. The highest BCUT2D eigenvalue weighted by atomic mass is 16.6. The highest BCUT2D eigenvalue weighted by Crippen LogP contribution is 2.06. The van der Waals surface area contributed by atoms with E-state index in [-0.39, 0.29) is 12.5 Å². The van der Waals surface area contributed by atoms with Gasteiger partial charge in [0.15, 0.2) is 5.96 Å². The number of esters is 1. The first-order valence-electron chi connectivity index (χ1n) is 5.61. The van der Waals surface area contributed by atoms with Crippen LogP contribution < -0.4 is 11.1 Å². The maximum Gasteiger partial charge on any atom is 0.328 e. The Morgan fingerprint density at radius 3 is 2.56 bits per heavy atom. The lowest BCUT2D eigenvalue weighted by Gasteiger charge is -2.18. The van der Waals surface area contributed by atoms with Crippen LogP contribution in [0.3, 0.4) is 0 Å². The number of hydrogen-bond acceptors (Lipinski definition) is 3. The topological polar surface area (TPSA) is 76.7 Å². The fraction of sp³-hybridized carbons (Fsp3) is 0.818. The van der Waals surface area contributed by atoms with Gasteiger partial charge in [-0.3, -0.25) is 4.79 Å². The van der Waals surface area contributed by atoms with Crippen molar-refractivity contribution in [2.75, 3.05) is 13.1 Å². The molecule has 94 valence electrons. The van der Waals surface area contributed by atoms with Crippen molar-refractivity contribution in [1.82, 2.24) is 5.32 Å². The van der Waals surface area contributed by atoms with Gasteiger partial charge in [0.05, 0.1) is 0 Å². The average Bonchev–Trinajstić information content (AvgIpc) is 2.12. The van der Waals surface area contributed by atoms with Gasteiger partial charge in [0.2, 0.25) is 0 Å². The summed E-state index contributed by atoms with van der Waals surface area (Å²) >= 11 is 0. The van der Waals surface area contributed by atoms with Gasteiger partial charge in [-0.2, -0.15) is 0 Å². The molecule has 0 aromatic carbocycles. The highest BCUT2D eigenvalue weighted by molar-refractivity contribution is 5.81. The summed E-state index contributed by atoms with van der Waals surface area (Å²) < 4.78 is 5.08. The molecule has 0 saturated heterocycles. The monoisotopic (exact) mass is 229 g/mol. The standard InChI is InChI=1S/C11H23N3O2/c1-5-6-7-13-10(12)14-8-9(15)16-11(2,3)4/h5-8H2,1-4H3,(H3,12,13,14). The molecule has 3 N–H and O–H groups in total. The number of hydrogen-bond donors (Lipinski definition) is 2. The SMILES string of the molecule is CCCCNC(N)=NCC(=O)OC(C)(C)C. The molecule has 0 unspecified atom stereocenters. The van der Waals surface area contributed by atoms with E-state index in [1.165, 1.54) is 0 Å². The lowest BCUT2D eigenvalue weighted by Crippen LogP contribution is -2.33. The van der Waals surface area contributed by atoms with E-state index in [9.17, 15) is 4.79 Å². The minimum atomic E-state index is -0.475. The lowest BCUT2D eigenvalue weighted by molar-refractivity contribution is -0.152. The van der Waals surface area contributed by atoms with E-state index in [1.54, 1.807) is 0 Å². The van der Waals surface area contributed by atoms with Gasteiger partial charge in [0, 0.05) is 6.54 Å². The average molecular weight is 229 g/mol. The van der Waals surface area contributed by atoms with Crippen molar-refractivity contribution < 1.29 is 9.53 Å². The fourth-order valence-electron chi connectivity index (χ4n) is 0.973. The summed E-state index contributed by atoms with van der Waals surface area (Å²) in [5, 5.41) is 2.92. The van der Waals surface area contributed by atoms with E-state index in [0.717, 1.165) is 19.4 Å². The molecule has 0 atom stereocenters. The molecule has 0 aromatic heterocycles. The summed E-state index contributed by atoms with van der Waals surface area (Å²) in [5.74, 6) is -0.0768. The van der Waals surface area contributed by atoms with Crippen molar-refractivity contribution in [2.45, 2.75) is 46.1 Å². The first-order valence-corrected chi connectivity index (χ1v) is 5.61. The fourth-order valence-corrected chi connectivity index (χ4v) is 0.973. The number of carbonyl (C=O) groups excluding carboxylic acids is 1. The lowest BCUT2D eigenvalue weighted by atomic mass is 10.2. The van der Waals surface area contributed by atoms with Crippen LogP contribution in [-0.2, 0) is 9.53 Å². The molecule has 0 bridgehead atoms. The number of aliphatic imine (C=N–C) groups is 1. The predicted molar refractivity (Wildman–Crippen MR) is 65.2 cm³/mol. The smallest absolute Gasteiger partial charge is 0.328 e. The van der Waals surface area contributed by atoms with E-state index in [4.69, 9.17) is 10.5 Å². The van der Waals surface area contributed by atoms with Crippen LogP contribution in [0.4, 0.5) is 0 Å². The van der Waals surface area contributed by atoms with Gasteiger partial charge in [-0.1, -0.05) is 13.3 Å². The van der Waals surface area contributed by atoms with Crippen LogP contribution in [0, 0.1) is 0 Å². The molecule has 0 amide bonds. The molecule has 5 heteroatoms. The number of rotatable bonds is 5. The van der Waals surface area contributed by atoms with Gasteiger partial charge in [-0.15, -0.1) is 0 Å². The first kappa shape index (κ1) is 14.7. The number of nitrogens with two attached hydrogens (primary N) is 1. The summed E-state index contributed by atoms with van der Waals surface area (Å²) in [6.45, 7) is 8.28. The Kier molecular flexibility index (Phi) is 6.53. The molecule has 5 nitrogen and oxygen atoms in total. The van der Waals surface area contributed by atoms with Crippen molar-refractivity contribution in [3.05, 3.63) is 0 Å². The molecule has 0 heterocycles. The summed E-state index contributed by atoms with van der Waals surface area (Å²) in [6, 6.07) is 0. The van der Waals surface area contributed by atoms with E-state index >= 15 is 0 Å². The third-order valence-corrected chi connectivity index (χ3v) is 1.63. The number of nitrogens with one attached hydrogen (secondary N) is 1. The van der Waals surface area contributed by atoms with Crippen molar-refractivity contribution in [3.63, 3.8) is 0 Å². The van der Waals surface area contributed by atoms with Gasteiger partial charge >= 0.3 is 5.97 Å². The first-order chi connectivity index (χ1) is 7.35. The molecule has 0 fully saturated rings. The minimum Gasteiger partial charge on any atom is -0.459 e. The van der Waals surface area contributed by atoms with Crippen molar-refractivity contribution in [3.8, 4) is 0 Å². The van der Waals surface area contributed by atoms with Crippen LogP contribution in [0.2, 0.25) is 0 Å². The number of unbranched alkanes of at least 4 members (excludes halogenated alkanes) is 1.